The Morgan fingerprint density at radius 3 is 2.29 bits per heavy atom. The van der Waals surface area contributed by atoms with Crippen molar-refractivity contribution in [3.8, 4) is 0 Å². The van der Waals surface area contributed by atoms with Gasteiger partial charge in [-0.1, -0.05) is 26.0 Å². The Labute approximate surface area is 129 Å². The zero-order valence-electron chi connectivity index (χ0n) is 13.4. The van der Waals surface area contributed by atoms with Gasteiger partial charge in [-0.05, 0) is 55.5 Å². The quantitative estimate of drug-likeness (QED) is 0.687. The van der Waals surface area contributed by atoms with Gasteiger partial charge < -0.3 is 11.1 Å². The van der Waals surface area contributed by atoms with E-state index in [9.17, 15) is 8.42 Å². The lowest BCUT2D eigenvalue weighted by atomic mass is 9.84. The maximum atomic E-state index is 11.4. The number of nitrogens with two attached hydrogens (primary N) is 1. The summed E-state index contributed by atoms with van der Waals surface area (Å²) < 4.78 is 22.7. The van der Waals surface area contributed by atoms with E-state index in [1.165, 1.54) is 6.26 Å². The van der Waals surface area contributed by atoms with Gasteiger partial charge >= 0.3 is 0 Å². The molecule has 0 radical (unpaired) electrons. The standard InChI is InChI=1S/C16H28N2O2S/c1-16(2,10-11-17)9-4-12-18-13-14-5-7-15(8-6-14)21(3,19)20/h5-8,18H,4,9-13,17H2,1-3H3. The van der Waals surface area contributed by atoms with E-state index >= 15 is 0 Å². The number of hydrogen-bond donors (Lipinski definition) is 2. The third-order valence-electron chi connectivity index (χ3n) is 3.71. The van der Waals surface area contributed by atoms with Crippen LogP contribution in [0.4, 0.5) is 0 Å². The van der Waals surface area contributed by atoms with Crippen molar-refractivity contribution in [3.05, 3.63) is 29.8 Å². The van der Waals surface area contributed by atoms with Crippen molar-refractivity contribution in [2.45, 2.75) is 44.6 Å². The molecule has 0 aliphatic rings. The molecule has 0 aliphatic heterocycles. The van der Waals surface area contributed by atoms with Crippen LogP contribution >= 0.6 is 0 Å². The smallest absolute Gasteiger partial charge is 0.175 e. The Bertz CT molecular complexity index is 522. The van der Waals surface area contributed by atoms with Crippen molar-refractivity contribution >= 4 is 9.84 Å². The molecule has 5 heteroatoms. The van der Waals surface area contributed by atoms with Gasteiger partial charge in [0, 0.05) is 12.8 Å². The lowest BCUT2D eigenvalue weighted by molar-refractivity contribution is 0.302. The summed E-state index contributed by atoms with van der Waals surface area (Å²) in [6.07, 6.45) is 4.56. The van der Waals surface area contributed by atoms with E-state index < -0.39 is 9.84 Å². The van der Waals surface area contributed by atoms with Crippen molar-refractivity contribution in [1.29, 1.82) is 0 Å². The molecule has 0 amide bonds. The summed E-state index contributed by atoms with van der Waals surface area (Å²) in [6.45, 7) is 6.98. The molecule has 0 saturated heterocycles. The van der Waals surface area contributed by atoms with E-state index in [1.54, 1.807) is 12.1 Å². The van der Waals surface area contributed by atoms with Crippen LogP contribution in [0.3, 0.4) is 0 Å². The predicted molar refractivity (Wildman–Crippen MR) is 87.9 cm³/mol. The van der Waals surface area contributed by atoms with Crippen LogP contribution in [-0.2, 0) is 16.4 Å². The molecule has 1 aromatic carbocycles. The van der Waals surface area contributed by atoms with Gasteiger partial charge in [0.05, 0.1) is 4.90 Å². The van der Waals surface area contributed by atoms with E-state index in [2.05, 4.69) is 19.2 Å². The first-order valence-corrected chi connectivity index (χ1v) is 9.33. The topological polar surface area (TPSA) is 72.2 Å². The van der Waals surface area contributed by atoms with Crippen LogP contribution < -0.4 is 11.1 Å². The molecule has 0 atom stereocenters. The minimum atomic E-state index is -3.10. The predicted octanol–water partition coefficient (Wildman–Crippen LogP) is 2.33. The zero-order valence-corrected chi connectivity index (χ0v) is 14.2. The fourth-order valence-corrected chi connectivity index (χ4v) is 2.93. The van der Waals surface area contributed by atoms with Crippen LogP contribution in [-0.4, -0.2) is 27.8 Å². The summed E-state index contributed by atoms with van der Waals surface area (Å²) in [6, 6.07) is 7.05. The van der Waals surface area contributed by atoms with Crippen molar-refractivity contribution in [2.24, 2.45) is 11.1 Å². The van der Waals surface area contributed by atoms with Gasteiger partial charge in [-0.25, -0.2) is 8.42 Å². The van der Waals surface area contributed by atoms with E-state index in [0.29, 0.717) is 10.3 Å². The SMILES string of the molecule is CC(C)(CCN)CCCNCc1ccc(S(C)(=O)=O)cc1. The van der Waals surface area contributed by atoms with Gasteiger partial charge in [0.25, 0.3) is 0 Å². The van der Waals surface area contributed by atoms with Gasteiger partial charge in [-0.3, -0.25) is 0 Å². The molecule has 1 rings (SSSR count). The first-order chi connectivity index (χ1) is 9.74. The second-order valence-electron chi connectivity index (χ2n) is 6.40. The molecular formula is C16H28N2O2S. The van der Waals surface area contributed by atoms with Gasteiger partial charge in [0.1, 0.15) is 0 Å². The summed E-state index contributed by atoms with van der Waals surface area (Å²) >= 11 is 0. The molecular weight excluding hydrogens is 284 g/mol. The lowest BCUT2D eigenvalue weighted by Gasteiger charge is -2.23. The maximum absolute atomic E-state index is 11.4. The van der Waals surface area contributed by atoms with Crippen LogP contribution in [0.15, 0.2) is 29.2 Å². The number of benzene rings is 1. The highest BCUT2D eigenvalue weighted by molar-refractivity contribution is 7.90. The fourth-order valence-electron chi connectivity index (χ4n) is 2.29. The first kappa shape index (κ1) is 18.1. The largest absolute Gasteiger partial charge is 0.330 e. The summed E-state index contributed by atoms with van der Waals surface area (Å²) in [4.78, 5) is 0.370. The Morgan fingerprint density at radius 2 is 1.76 bits per heavy atom. The van der Waals surface area contributed by atoms with E-state index in [0.717, 1.165) is 44.5 Å². The van der Waals surface area contributed by atoms with Crippen molar-refractivity contribution in [3.63, 3.8) is 0 Å². The Balaban J connectivity index is 2.30. The van der Waals surface area contributed by atoms with Gasteiger partial charge in [-0.15, -0.1) is 0 Å². The van der Waals surface area contributed by atoms with Crippen molar-refractivity contribution < 1.29 is 8.42 Å². The maximum Gasteiger partial charge on any atom is 0.175 e. The number of nitrogens with one attached hydrogen (secondary N) is 1. The average Bonchev–Trinajstić information content (AvgIpc) is 2.37. The number of hydrogen-bond acceptors (Lipinski definition) is 4. The Morgan fingerprint density at radius 1 is 1.14 bits per heavy atom. The monoisotopic (exact) mass is 312 g/mol. The van der Waals surface area contributed by atoms with Crippen LogP contribution in [0, 0.1) is 5.41 Å². The Kier molecular flexibility index (Phi) is 6.84. The van der Waals surface area contributed by atoms with Crippen LogP contribution in [0.5, 0.6) is 0 Å². The van der Waals surface area contributed by atoms with E-state index in [4.69, 9.17) is 5.73 Å². The summed E-state index contributed by atoms with van der Waals surface area (Å²) in [7, 11) is -3.10. The highest BCUT2D eigenvalue weighted by atomic mass is 32.2. The molecule has 0 unspecified atom stereocenters. The molecule has 0 fully saturated rings. The van der Waals surface area contributed by atoms with Crippen LogP contribution in [0.2, 0.25) is 0 Å². The van der Waals surface area contributed by atoms with Gasteiger partial charge in [0.2, 0.25) is 0 Å². The third kappa shape index (κ3) is 7.07. The summed E-state index contributed by atoms with van der Waals surface area (Å²) in [5.74, 6) is 0. The second-order valence-corrected chi connectivity index (χ2v) is 8.42. The van der Waals surface area contributed by atoms with Gasteiger partial charge in [0.15, 0.2) is 9.84 Å². The lowest BCUT2D eigenvalue weighted by Crippen LogP contribution is -2.20. The first-order valence-electron chi connectivity index (χ1n) is 7.44. The molecule has 0 saturated carbocycles. The second kappa shape index (κ2) is 7.92. The molecule has 4 nitrogen and oxygen atoms in total. The number of sulfone groups is 1. The van der Waals surface area contributed by atoms with Crippen molar-refractivity contribution in [2.75, 3.05) is 19.3 Å². The fraction of sp³-hybridized carbons (Fsp3) is 0.625. The normalized spacial score (nSPS) is 12.6. The summed E-state index contributed by atoms with van der Waals surface area (Å²) in [5.41, 5.74) is 7.02. The summed E-state index contributed by atoms with van der Waals surface area (Å²) in [5, 5.41) is 3.39. The average molecular weight is 312 g/mol. The molecule has 21 heavy (non-hydrogen) atoms. The zero-order chi connectivity index (χ0) is 15.9. The Hall–Kier alpha value is -0.910. The highest BCUT2D eigenvalue weighted by Gasteiger charge is 2.15. The van der Waals surface area contributed by atoms with Crippen LogP contribution in [0.25, 0.3) is 0 Å². The molecule has 0 aromatic heterocycles. The minimum Gasteiger partial charge on any atom is -0.330 e. The van der Waals surface area contributed by atoms with E-state index in [-0.39, 0.29) is 0 Å². The molecule has 120 valence electrons. The van der Waals surface area contributed by atoms with Crippen molar-refractivity contribution in [1.82, 2.24) is 5.32 Å². The third-order valence-corrected chi connectivity index (χ3v) is 4.84. The molecule has 0 spiro atoms. The molecule has 3 N–H and O–H groups in total. The molecule has 0 heterocycles. The van der Waals surface area contributed by atoms with E-state index in [1.807, 2.05) is 12.1 Å². The molecule has 0 aliphatic carbocycles. The van der Waals surface area contributed by atoms with Gasteiger partial charge in [-0.2, -0.15) is 0 Å². The van der Waals surface area contributed by atoms with Crippen LogP contribution in [0.1, 0.15) is 38.7 Å². The molecule has 0 bridgehead atoms. The number of rotatable bonds is 9. The minimum absolute atomic E-state index is 0.313. The molecule has 1 aromatic rings. The highest BCUT2D eigenvalue weighted by Crippen LogP contribution is 2.25.